The zero-order chi connectivity index (χ0) is 18.3. The van der Waals surface area contributed by atoms with Gasteiger partial charge in [0.2, 0.25) is 0 Å². The zero-order valence-corrected chi connectivity index (χ0v) is 15.5. The number of aliphatic hydroxyl groups excluding tert-OH is 1. The van der Waals surface area contributed by atoms with Crippen LogP contribution in [0.4, 0.5) is 5.69 Å². The lowest BCUT2D eigenvalue weighted by Gasteiger charge is -2.28. The third kappa shape index (κ3) is 6.04. The van der Waals surface area contributed by atoms with E-state index in [0.717, 1.165) is 12.2 Å². The molecule has 2 rings (SSSR count). The number of ether oxygens (including phenoxy) is 1. The molecule has 0 bridgehead atoms. The van der Waals surface area contributed by atoms with E-state index >= 15 is 0 Å². The van der Waals surface area contributed by atoms with Gasteiger partial charge in [-0.15, -0.1) is 0 Å². The zero-order valence-electron chi connectivity index (χ0n) is 15.5. The Bertz CT molecular complexity index is 659. The summed E-state index contributed by atoms with van der Waals surface area (Å²) in [6.07, 6.45) is 7.08. The van der Waals surface area contributed by atoms with E-state index in [2.05, 4.69) is 11.9 Å². The normalized spacial score (nSPS) is 17.3. The summed E-state index contributed by atoms with van der Waals surface area (Å²) in [6.45, 7) is 6.85. The predicted octanol–water partition coefficient (Wildman–Crippen LogP) is 5.55. The average Bonchev–Trinajstić information content (AvgIpc) is 2.53. The van der Waals surface area contributed by atoms with Crippen LogP contribution in [0.1, 0.15) is 59.3 Å². The standard InChI is InChI=1S/C21H29NO3/c1-4-5-6-7-11-25-17-10-8-9-16(12-17)22-15-18-19(23)13-21(2,3)14-20(18)24/h8-10,12,15,23H,4-7,11,13-14H2,1-3H3. The molecular weight excluding hydrogens is 314 g/mol. The topological polar surface area (TPSA) is 58.9 Å². The highest BCUT2D eigenvalue weighted by Gasteiger charge is 2.32. The first kappa shape index (κ1) is 19.2. The molecule has 0 aliphatic heterocycles. The van der Waals surface area contributed by atoms with Crippen molar-refractivity contribution in [1.29, 1.82) is 0 Å². The van der Waals surface area contributed by atoms with Gasteiger partial charge in [0, 0.05) is 25.1 Å². The minimum atomic E-state index is -0.190. The van der Waals surface area contributed by atoms with Gasteiger partial charge in [0.1, 0.15) is 11.5 Å². The molecule has 0 radical (unpaired) electrons. The van der Waals surface area contributed by atoms with E-state index < -0.39 is 0 Å². The SMILES string of the molecule is CCCCCCOc1cccc(N=CC2=C(O)CC(C)(C)CC2=O)c1. The number of carbonyl (C=O) groups is 1. The van der Waals surface area contributed by atoms with Gasteiger partial charge in [0.25, 0.3) is 0 Å². The fraction of sp³-hybridized carbons (Fsp3) is 0.524. The van der Waals surface area contributed by atoms with Gasteiger partial charge in [-0.25, -0.2) is 0 Å². The molecule has 1 aromatic rings. The highest BCUT2D eigenvalue weighted by Crippen LogP contribution is 2.35. The van der Waals surface area contributed by atoms with Crippen LogP contribution in [0.15, 0.2) is 40.6 Å². The van der Waals surface area contributed by atoms with E-state index in [0.29, 0.717) is 30.7 Å². The minimum absolute atomic E-state index is 0.0548. The molecule has 25 heavy (non-hydrogen) atoms. The Balaban J connectivity index is 1.99. The molecule has 0 amide bonds. The van der Waals surface area contributed by atoms with Gasteiger partial charge in [0.05, 0.1) is 17.9 Å². The van der Waals surface area contributed by atoms with Crippen LogP contribution in [0.3, 0.4) is 0 Å². The van der Waals surface area contributed by atoms with Crippen molar-refractivity contribution in [2.24, 2.45) is 10.4 Å². The lowest BCUT2D eigenvalue weighted by Crippen LogP contribution is -2.26. The number of aliphatic hydroxyl groups is 1. The second kappa shape index (κ2) is 8.84. The third-order valence-electron chi connectivity index (χ3n) is 4.32. The molecule has 0 unspecified atom stereocenters. The summed E-state index contributed by atoms with van der Waals surface area (Å²) in [4.78, 5) is 16.6. The van der Waals surface area contributed by atoms with Crippen LogP contribution in [0.5, 0.6) is 5.75 Å². The average molecular weight is 343 g/mol. The number of nitrogens with zero attached hydrogens (tertiary/aromatic N) is 1. The molecule has 0 saturated carbocycles. The van der Waals surface area contributed by atoms with E-state index in [1.807, 2.05) is 38.1 Å². The Hall–Kier alpha value is -2.10. The molecule has 4 heteroatoms. The van der Waals surface area contributed by atoms with Gasteiger partial charge in [-0.3, -0.25) is 9.79 Å². The molecular formula is C21H29NO3. The Morgan fingerprint density at radius 2 is 2.04 bits per heavy atom. The fourth-order valence-electron chi connectivity index (χ4n) is 2.96. The van der Waals surface area contributed by atoms with Crippen molar-refractivity contribution in [3.8, 4) is 5.75 Å². The Morgan fingerprint density at radius 3 is 2.76 bits per heavy atom. The maximum Gasteiger partial charge on any atom is 0.168 e. The van der Waals surface area contributed by atoms with Gasteiger partial charge >= 0.3 is 0 Å². The summed E-state index contributed by atoms with van der Waals surface area (Å²) in [5.41, 5.74) is 0.846. The van der Waals surface area contributed by atoms with Crippen LogP contribution in [0.25, 0.3) is 0 Å². The van der Waals surface area contributed by atoms with Crippen LogP contribution in [-0.4, -0.2) is 23.7 Å². The number of rotatable bonds is 8. The van der Waals surface area contributed by atoms with Crippen LogP contribution in [-0.2, 0) is 4.79 Å². The van der Waals surface area contributed by atoms with Crippen LogP contribution >= 0.6 is 0 Å². The molecule has 0 spiro atoms. The van der Waals surface area contributed by atoms with Crippen molar-refractivity contribution in [3.05, 3.63) is 35.6 Å². The van der Waals surface area contributed by atoms with Gasteiger partial charge in [-0.2, -0.15) is 0 Å². The van der Waals surface area contributed by atoms with Crippen molar-refractivity contribution in [2.75, 3.05) is 6.61 Å². The molecule has 0 heterocycles. The van der Waals surface area contributed by atoms with Crippen molar-refractivity contribution in [2.45, 2.75) is 59.3 Å². The number of Topliss-reactive ketones (excluding diaryl/α,β-unsaturated/α-hetero) is 1. The molecule has 0 atom stereocenters. The molecule has 0 saturated heterocycles. The lowest BCUT2D eigenvalue weighted by molar-refractivity contribution is -0.117. The molecule has 1 N–H and O–H groups in total. The first-order valence-electron chi connectivity index (χ1n) is 9.13. The third-order valence-corrected chi connectivity index (χ3v) is 4.32. The van der Waals surface area contributed by atoms with Gasteiger partial charge in [-0.1, -0.05) is 46.1 Å². The molecule has 4 nitrogen and oxygen atoms in total. The number of hydrogen-bond acceptors (Lipinski definition) is 4. The molecule has 1 aromatic carbocycles. The second-order valence-corrected chi connectivity index (χ2v) is 7.47. The summed E-state index contributed by atoms with van der Waals surface area (Å²) in [5.74, 6) is 0.856. The summed E-state index contributed by atoms with van der Waals surface area (Å²) in [5, 5.41) is 10.1. The van der Waals surface area contributed by atoms with Crippen LogP contribution in [0.2, 0.25) is 0 Å². The van der Waals surface area contributed by atoms with Crippen LogP contribution < -0.4 is 4.74 Å². The number of aliphatic imine (C=N–C) groups is 1. The summed E-state index contributed by atoms with van der Waals surface area (Å²) in [7, 11) is 0. The van der Waals surface area contributed by atoms with E-state index in [-0.39, 0.29) is 17.0 Å². The molecule has 136 valence electrons. The first-order valence-corrected chi connectivity index (χ1v) is 9.13. The molecule has 1 aliphatic carbocycles. The first-order chi connectivity index (χ1) is 11.9. The van der Waals surface area contributed by atoms with E-state index in [1.54, 1.807) is 0 Å². The fourth-order valence-corrected chi connectivity index (χ4v) is 2.96. The van der Waals surface area contributed by atoms with Crippen molar-refractivity contribution >= 4 is 17.7 Å². The molecule has 1 aliphatic rings. The number of ketones is 1. The van der Waals surface area contributed by atoms with Crippen molar-refractivity contribution < 1.29 is 14.6 Å². The number of hydrogen-bond donors (Lipinski definition) is 1. The Kier molecular flexibility index (Phi) is 6.80. The highest BCUT2D eigenvalue weighted by atomic mass is 16.5. The van der Waals surface area contributed by atoms with Crippen LogP contribution in [0, 0.1) is 5.41 Å². The number of allylic oxidation sites excluding steroid dienone is 2. The quantitative estimate of drug-likeness (QED) is 0.497. The lowest BCUT2D eigenvalue weighted by atomic mass is 9.77. The van der Waals surface area contributed by atoms with Gasteiger partial charge < -0.3 is 9.84 Å². The van der Waals surface area contributed by atoms with Gasteiger partial charge in [0.15, 0.2) is 5.78 Å². The number of benzene rings is 1. The number of carbonyl (C=O) groups excluding carboxylic acids is 1. The van der Waals surface area contributed by atoms with E-state index in [1.165, 1.54) is 25.5 Å². The summed E-state index contributed by atoms with van der Waals surface area (Å²) < 4.78 is 5.75. The smallest absolute Gasteiger partial charge is 0.168 e. The minimum Gasteiger partial charge on any atom is -0.511 e. The second-order valence-electron chi connectivity index (χ2n) is 7.47. The van der Waals surface area contributed by atoms with E-state index in [9.17, 15) is 9.90 Å². The largest absolute Gasteiger partial charge is 0.511 e. The Morgan fingerprint density at radius 1 is 1.24 bits per heavy atom. The summed E-state index contributed by atoms with van der Waals surface area (Å²) >= 11 is 0. The van der Waals surface area contributed by atoms with E-state index in [4.69, 9.17) is 4.74 Å². The highest BCUT2D eigenvalue weighted by molar-refractivity contribution is 6.14. The van der Waals surface area contributed by atoms with Gasteiger partial charge in [-0.05, 0) is 24.0 Å². The Labute approximate surface area is 150 Å². The maximum atomic E-state index is 12.2. The monoisotopic (exact) mass is 343 g/mol. The molecule has 0 fully saturated rings. The molecule has 0 aromatic heterocycles. The predicted molar refractivity (Wildman–Crippen MR) is 102 cm³/mol. The van der Waals surface area contributed by atoms with Crippen molar-refractivity contribution in [1.82, 2.24) is 0 Å². The summed E-state index contributed by atoms with van der Waals surface area (Å²) in [6, 6.07) is 7.50. The van der Waals surface area contributed by atoms with Crippen molar-refractivity contribution in [3.63, 3.8) is 0 Å². The maximum absolute atomic E-state index is 12.2. The number of unbranched alkanes of at least 4 members (excludes halogenated alkanes) is 3.